The van der Waals surface area contributed by atoms with Crippen LogP contribution in [-0.2, 0) is 9.53 Å². The third-order valence-electron chi connectivity index (χ3n) is 4.76. The average Bonchev–Trinajstić information content (AvgIpc) is 3.15. The Bertz CT molecular complexity index is 670. The molecule has 3 heterocycles. The lowest BCUT2D eigenvalue weighted by Gasteiger charge is -2.36. The van der Waals surface area contributed by atoms with Crippen molar-refractivity contribution < 1.29 is 39.6 Å². The molecular weight excluding hydrogens is 374 g/mol. The number of rotatable bonds is 4. The van der Waals surface area contributed by atoms with Crippen molar-refractivity contribution in [2.75, 3.05) is 19.7 Å². The number of hydrogen-bond donors (Lipinski definition) is 4. The van der Waals surface area contributed by atoms with Crippen LogP contribution in [0.5, 0.6) is 0 Å². The van der Waals surface area contributed by atoms with Gasteiger partial charge in [-0.3, -0.25) is 5.01 Å². The van der Waals surface area contributed by atoms with Crippen molar-refractivity contribution in [3.8, 4) is 0 Å². The van der Waals surface area contributed by atoms with Gasteiger partial charge in [0.15, 0.2) is 18.5 Å². The molecule has 0 bridgehead atoms. The van der Waals surface area contributed by atoms with E-state index in [-0.39, 0.29) is 5.92 Å². The fraction of sp³-hybridized carbons (Fsp3) is 0.647. The largest absolute Gasteiger partial charge is 0.550 e. The first-order valence-electron chi connectivity index (χ1n) is 8.85. The number of nitrogens with zero attached hydrogens (tertiary/aromatic N) is 3. The normalized spacial score (nSPS) is 32.4. The number of aliphatic hydroxyl groups excluding tert-OH is 4. The van der Waals surface area contributed by atoms with Gasteiger partial charge in [0.25, 0.3) is 6.23 Å². The minimum absolute atomic E-state index is 0.139. The van der Waals surface area contributed by atoms with E-state index in [0.717, 1.165) is 18.9 Å². The van der Waals surface area contributed by atoms with E-state index in [2.05, 4.69) is 5.29 Å². The molecule has 1 aromatic rings. The number of aliphatic hydroxyl groups is 4. The molecule has 2 aliphatic heterocycles. The van der Waals surface area contributed by atoms with Gasteiger partial charge in [-0.15, -0.1) is 4.91 Å². The Morgan fingerprint density at radius 2 is 2.04 bits per heavy atom. The second-order valence-electron chi connectivity index (χ2n) is 6.78. The summed E-state index contributed by atoms with van der Waals surface area (Å²) in [6, 6.07) is 3.70. The van der Waals surface area contributed by atoms with E-state index in [0.29, 0.717) is 13.1 Å². The smallest absolute Gasteiger partial charge is 0.292 e. The van der Waals surface area contributed by atoms with Gasteiger partial charge in [0.05, 0.1) is 11.9 Å². The van der Waals surface area contributed by atoms with Crippen molar-refractivity contribution in [2.45, 2.75) is 49.9 Å². The number of aliphatic carboxylic acids is 1. The van der Waals surface area contributed by atoms with Crippen molar-refractivity contribution >= 4 is 5.97 Å². The minimum atomic E-state index is -1.42. The third kappa shape index (κ3) is 5.20. The first-order chi connectivity index (χ1) is 13.3. The molecule has 28 heavy (non-hydrogen) atoms. The highest BCUT2D eigenvalue weighted by Crippen LogP contribution is 2.28. The van der Waals surface area contributed by atoms with Gasteiger partial charge in [0.1, 0.15) is 18.3 Å². The number of carboxylic acid groups (broad SMARTS) is 1. The van der Waals surface area contributed by atoms with Crippen molar-refractivity contribution in [1.82, 2.24) is 5.01 Å². The molecule has 11 heteroatoms. The highest BCUT2D eigenvalue weighted by molar-refractivity contribution is 5.60. The molecule has 0 radical (unpaired) electrons. The number of ether oxygens (including phenoxy) is 1. The molecule has 6 atom stereocenters. The van der Waals surface area contributed by atoms with Gasteiger partial charge in [0, 0.05) is 36.6 Å². The Balaban J connectivity index is 0.000000640. The number of carbonyl (C=O) groups excluding carboxylic acids is 1. The van der Waals surface area contributed by atoms with Crippen molar-refractivity contribution in [1.29, 1.82) is 0 Å². The molecule has 4 N–H and O–H groups in total. The highest BCUT2D eigenvalue weighted by atomic mass is 16.6. The van der Waals surface area contributed by atoms with Crippen LogP contribution in [0.4, 0.5) is 0 Å². The molecule has 11 nitrogen and oxygen atoms in total. The summed E-state index contributed by atoms with van der Waals surface area (Å²) in [4.78, 5) is 19.5. The summed E-state index contributed by atoms with van der Waals surface area (Å²) in [6.07, 6.45) is -1.75. The zero-order valence-corrected chi connectivity index (χ0v) is 15.4. The fourth-order valence-corrected chi connectivity index (χ4v) is 3.33. The van der Waals surface area contributed by atoms with E-state index in [4.69, 9.17) is 14.6 Å². The molecule has 6 unspecified atom stereocenters. The maximum absolute atomic E-state index is 10.6. The molecule has 2 fully saturated rings. The average molecular weight is 399 g/mol. The lowest BCUT2D eigenvalue weighted by atomic mass is 9.97. The monoisotopic (exact) mass is 399 g/mol. The second kappa shape index (κ2) is 9.85. The predicted molar refractivity (Wildman–Crippen MR) is 91.1 cm³/mol. The maximum atomic E-state index is 10.6. The van der Waals surface area contributed by atoms with Crippen LogP contribution in [0.3, 0.4) is 0 Å². The van der Waals surface area contributed by atoms with Crippen LogP contribution in [0.25, 0.3) is 0 Å². The molecule has 1 aromatic heterocycles. The number of carbonyl (C=O) groups is 1. The minimum Gasteiger partial charge on any atom is -0.550 e. The lowest BCUT2D eigenvalue weighted by Crippen LogP contribution is -2.62. The summed E-state index contributed by atoms with van der Waals surface area (Å²) >= 11 is 0. The van der Waals surface area contributed by atoms with Gasteiger partial charge < -0.3 is 35.1 Å². The maximum Gasteiger partial charge on any atom is 0.292 e. The van der Waals surface area contributed by atoms with E-state index >= 15 is 0 Å². The summed E-state index contributed by atoms with van der Waals surface area (Å²) in [5.41, 5.74) is 0.959. The summed E-state index contributed by atoms with van der Waals surface area (Å²) in [5, 5.41) is 52.6. The molecule has 0 amide bonds. The number of aromatic nitrogens is 1. The standard InChI is InChI=1S/C15H22N3O6.C2H4O2/c19-8-11-12(20)13(21)14(22)15(24-11)17-4-1-2-9(6-17)10-3-5-18(7-10)16-23;1-2(3)4/h1-2,4,6,10-15,19-22H,3,5,7-8H2;1H3,(H,3,4)/q+1;/p-1. The third-order valence-corrected chi connectivity index (χ3v) is 4.76. The Labute approximate surface area is 161 Å². The second-order valence-corrected chi connectivity index (χ2v) is 6.78. The molecule has 0 aliphatic carbocycles. The van der Waals surface area contributed by atoms with E-state index in [1.807, 2.05) is 6.07 Å². The Morgan fingerprint density at radius 1 is 1.36 bits per heavy atom. The van der Waals surface area contributed by atoms with Crippen molar-refractivity contribution in [3.05, 3.63) is 35.0 Å². The van der Waals surface area contributed by atoms with Gasteiger partial charge in [-0.1, -0.05) is 0 Å². The molecule has 3 rings (SSSR count). The Hall–Kier alpha value is -2.18. The number of nitroso groups, excluding NO2 is 1. The van der Waals surface area contributed by atoms with Gasteiger partial charge >= 0.3 is 0 Å². The first-order valence-corrected chi connectivity index (χ1v) is 8.85. The SMILES string of the molecule is CC(=O)[O-].O=NN1CCC(c2ccc[n+](C3OC(CO)C(O)C(O)C3O)c2)C1. The van der Waals surface area contributed by atoms with Crippen LogP contribution < -0.4 is 9.67 Å². The first kappa shape index (κ1) is 22.1. The molecule has 156 valence electrons. The van der Waals surface area contributed by atoms with Crippen LogP contribution >= 0.6 is 0 Å². The van der Waals surface area contributed by atoms with E-state index < -0.39 is 43.2 Å². The molecule has 2 saturated heterocycles. The molecule has 0 aromatic carbocycles. The van der Waals surface area contributed by atoms with Gasteiger partial charge in [-0.05, 0) is 19.4 Å². The topological polar surface area (TPSA) is 167 Å². The van der Waals surface area contributed by atoms with E-state index in [1.165, 1.54) is 5.01 Å². The highest BCUT2D eigenvalue weighted by Gasteiger charge is 2.48. The summed E-state index contributed by atoms with van der Waals surface area (Å²) in [5.74, 6) is -0.944. The van der Waals surface area contributed by atoms with Gasteiger partial charge in [0.2, 0.25) is 0 Å². The lowest BCUT2D eigenvalue weighted by molar-refractivity contribution is -0.778. The molecule has 0 spiro atoms. The van der Waals surface area contributed by atoms with Crippen molar-refractivity contribution in [2.24, 2.45) is 5.29 Å². The molecular formula is C17H25N3O8. The number of carboxylic acids is 1. The molecule has 0 saturated carbocycles. The zero-order valence-electron chi connectivity index (χ0n) is 15.4. The van der Waals surface area contributed by atoms with Crippen LogP contribution in [0, 0.1) is 4.91 Å². The van der Waals surface area contributed by atoms with Gasteiger partial charge in [-0.25, -0.2) is 0 Å². The van der Waals surface area contributed by atoms with E-state index in [9.17, 15) is 25.3 Å². The summed E-state index contributed by atoms with van der Waals surface area (Å²) < 4.78 is 7.16. The van der Waals surface area contributed by atoms with E-state index in [1.54, 1.807) is 23.0 Å². The van der Waals surface area contributed by atoms with Crippen molar-refractivity contribution in [3.63, 3.8) is 0 Å². The molecule has 2 aliphatic rings. The summed E-state index contributed by atoms with van der Waals surface area (Å²) in [7, 11) is 0. The number of pyridine rings is 1. The Kier molecular flexibility index (Phi) is 7.78. The van der Waals surface area contributed by atoms with Crippen LogP contribution in [0.2, 0.25) is 0 Å². The number of hydrogen-bond acceptors (Lipinski definition) is 9. The van der Waals surface area contributed by atoms with Crippen LogP contribution in [0.1, 0.15) is 31.1 Å². The fourth-order valence-electron chi connectivity index (χ4n) is 3.33. The van der Waals surface area contributed by atoms with Crippen LogP contribution in [0.15, 0.2) is 29.8 Å². The van der Waals surface area contributed by atoms with Crippen LogP contribution in [-0.4, -0.2) is 75.5 Å². The Morgan fingerprint density at radius 3 is 2.61 bits per heavy atom. The quantitative estimate of drug-likeness (QED) is 0.308. The zero-order chi connectivity index (χ0) is 20.8. The summed E-state index contributed by atoms with van der Waals surface area (Å²) in [6.45, 7) is 1.63. The predicted octanol–water partition coefficient (Wildman–Crippen LogP) is -2.83. The van der Waals surface area contributed by atoms with Gasteiger partial charge in [-0.2, -0.15) is 4.57 Å².